The summed E-state index contributed by atoms with van der Waals surface area (Å²) in [7, 11) is -0.838. The minimum atomic E-state index is -0.838. The average Bonchev–Trinajstić information content (AvgIpc) is 2.24. The SMILES string of the molecule is Cc1ccc(C[S@](=O)CCCC#N)cc1C. The van der Waals surface area contributed by atoms with E-state index in [4.69, 9.17) is 5.26 Å². The van der Waals surface area contributed by atoms with Gasteiger partial charge < -0.3 is 0 Å². The summed E-state index contributed by atoms with van der Waals surface area (Å²) >= 11 is 0. The number of rotatable bonds is 5. The normalized spacial score (nSPS) is 12.1. The van der Waals surface area contributed by atoms with Crippen molar-refractivity contribution in [1.82, 2.24) is 0 Å². The Labute approximate surface area is 99.8 Å². The fourth-order valence-electron chi connectivity index (χ4n) is 1.46. The van der Waals surface area contributed by atoms with Crippen LogP contribution < -0.4 is 0 Å². The monoisotopic (exact) mass is 235 g/mol. The fraction of sp³-hybridized carbons (Fsp3) is 0.462. The topological polar surface area (TPSA) is 40.9 Å². The van der Waals surface area contributed by atoms with Gasteiger partial charge in [-0.2, -0.15) is 5.26 Å². The molecule has 0 aliphatic rings. The number of benzene rings is 1. The molecular weight excluding hydrogens is 218 g/mol. The second-order valence-corrected chi connectivity index (χ2v) is 5.55. The first kappa shape index (κ1) is 12.9. The van der Waals surface area contributed by atoms with Crippen LogP contribution in [0.2, 0.25) is 0 Å². The van der Waals surface area contributed by atoms with Gasteiger partial charge in [0.15, 0.2) is 0 Å². The summed E-state index contributed by atoms with van der Waals surface area (Å²) in [6.07, 6.45) is 1.23. The van der Waals surface area contributed by atoms with Crippen molar-refractivity contribution in [3.05, 3.63) is 34.9 Å². The lowest BCUT2D eigenvalue weighted by molar-refractivity contribution is 0.680. The van der Waals surface area contributed by atoms with E-state index in [2.05, 4.69) is 32.0 Å². The molecule has 86 valence electrons. The molecule has 1 rings (SSSR count). The third-order valence-corrected chi connectivity index (χ3v) is 3.96. The highest BCUT2D eigenvalue weighted by molar-refractivity contribution is 7.84. The quantitative estimate of drug-likeness (QED) is 0.736. The molecule has 0 radical (unpaired) electrons. The van der Waals surface area contributed by atoms with Gasteiger partial charge in [-0.1, -0.05) is 18.2 Å². The zero-order valence-corrected chi connectivity index (χ0v) is 10.6. The third kappa shape index (κ3) is 4.16. The first-order valence-electron chi connectivity index (χ1n) is 5.41. The van der Waals surface area contributed by atoms with Crippen LogP contribution in [0.25, 0.3) is 0 Å². The van der Waals surface area contributed by atoms with E-state index in [1.807, 2.05) is 6.07 Å². The van der Waals surface area contributed by atoms with Crippen LogP contribution in [-0.4, -0.2) is 9.96 Å². The molecule has 0 bridgehead atoms. The van der Waals surface area contributed by atoms with Crippen LogP contribution >= 0.6 is 0 Å². The lowest BCUT2D eigenvalue weighted by Gasteiger charge is -2.05. The zero-order valence-electron chi connectivity index (χ0n) is 9.82. The molecule has 2 nitrogen and oxygen atoms in total. The number of nitriles is 1. The molecule has 1 aromatic rings. The van der Waals surface area contributed by atoms with Gasteiger partial charge in [0.2, 0.25) is 0 Å². The number of hydrogen-bond acceptors (Lipinski definition) is 2. The van der Waals surface area contributed by atoms with Crippen LogP contribution in [-0.2, 0) is 16.6 Å². The minimum absolute atomic E-state index is 0.499. The summed E-state index contributed by atoms with van der Waals surface area (Å²) in [5.74, 6) is 1.23. The molecule has 0 unspecified atom stereocenters. The standard InChI is InChI=1S/C13H17NOS/c1-11-5-6-13(9-12(11)2)10-16(15)8-4-3-7-14/h5-6,9H,3-4,8,10H2,1-2H3/t16-/m1/s1. The van der Waals surface area contributed by atoms with Gasteiger partial charge in [-0.05, 0) is 37.0 Å². The molecule has 3 heteroatoms. The molecule has 0 fully saturated rings. The lowest BCUT2D eigenvalue weighted by atomic mass is 10.1. The van der Waals surface area contributed by atoms with Crippen LogP contribution in [0.15, 0.2) is 18.2 Å². The predicted molar refractivity (Wildman–Crippen MR) is 67.5 cm³/mol. The van der Waals surface area contributed by atoms with Crippen molar-refractivity contribution in [3.8, 4) is 6.07 Å². The summed E-state index contributed by atoms with van der Waals surface area (Å²) in [5.41, 5.74) is 3.63. The summed E-state index contributed by atoms with van der Waals surface area (Å²) < 4.78 is 11.7. The number of hydrogen-bond donors (Lipinski definition) is 0. The summed E-state index contributed by atoms with van der Waals surface area (Å²) in [6.45, 7) is 4.14. The molecule has 0 spiro atoms. The van der Waals surface area contributed by atoms with Crippen LogP contribution in [0.5, 0.6) is 0 Å². The predicted octanol–water partition coefficient (Wildman–Crippen LogP) is 2.86. The van der Waals surface area contributed by atoms with Crippen LogP contribution in [0.1, 0.15) is 29.5 Å². The van der Waals surface area contributed by atoms with E-state index < -0.39 is 10.8 Å². The molecule has 0 heterocycles. The van der Waals surface area contributed by atoms with Crippen molar-refractivity contribution in [3.63, 3.8) is 0 Å². The molecule has 0 N–H and O–H groups in total. The van der Waals surface area contributed by atoms with Gasteiger partial charge in [-0.15, -0.1) is 0 Å². The maximum Gasteiger partial charge on any atom is 0.0622 e. The number of nitrogens with zero attached hydrogens (tertiary/aromatic N) is 1. The van der Waals surface area contributed by atoms with Crippen molar-refractivity contribution < 1.29 is 4.21 Å². The average molecular weight is 235 g/mol. The van der Waals surface area contributed by atoms with E-state index >= 15 is 0 Å². The summed E-state index contributed by atoms with van der Waals surface area (Å²) in [5, 5.41) is 8.39. The van der Waals surface area contributed by atoms with Gasteiger partial charge in [0.25, 0.3) is 0 Å². The Kier molecular flexibility index (Phi) is 5.21. The van der Waals surface area contributed by atoms with Crippen molar-refractivity contribution in [2.75, 3.05) is 5.75 Å². The summed E-state index contributed by atoms with van der Waals surface area (Å²) in [4.78, 5) is 0. The Hall–Kier alpha value is -1.14. The first-order valence-corrected chi connectivity index (χ1v) is 6.90. The number of aryl methyl sites for hydroxylation is 2. The maximum absolute atomic E-state index is 11.7. The molecule has 0 aliphatic heterocycles. The number of unbranched alkanes of at least 4 members (excludes halogenated alkanes) is 1. The summed E-state index contributed by atoms with van der Waals surface area (Å²) in [6, 6.07) is 8.26. The van der Waals surface area contributed by atoms with Gasteiger partial charge in [0.1, 0.15) is 0 Å². The second-order valence-electron chi connectivity index (χ2n) is 3.97. The largest absolute Gasteiger partial charge is 0.259 e. The van der Waals surface area contributed by atoms with E-state index in [0.717, 1.165) is 12.0 Å². The Balaban J connectivity index is 2.50. The van der Waals surface area contributed by atoms with E-state index in [-0.39, 0.29) is 0 Å². The molecule has 16 heavy (non-hydrogen) atoms. The molecular formula is C13H17NOS. The molecule has 0 saturated carbocycles. The lowest BCUT2D eigenvalue weighted by Crippen LogP contribution is -2.01. The van der Waals surface area contributed by atoms with Gasteiger partial charge in [-0.3, -0.25) is 4.21 Å². The van der Waals surface area contributed by atoms with Gasteiger partial charge in [0, 0.05) is 28.7 Å². The fourth-order valence-corrected chi connectivity index (χ4v) is 2.63. The Morgan fingerprint density at radius 2 is 2.06 bits per heavy atom. The highest BCUT2D eigenvalue weighted by atomic mass is 32.2. The third-order valence-electron chi connectivity index (χ3n) is 2.56. The van der Waals surface area contributed by atoms with Crippen molar-refractivity contribution in [2.24, 2.45) is 0 Å². The highest BCUT2D eigenvalue weighted by Gasteiger charge is 2.02. The molecule has 0 aromatic heterocycles. The maximum atomic E-state index is 11.7. The van der Waals surface area contributed by atoms with E-state index in [9.17, 15) is 4.21 Å². The minimum Gasteiger partial charge on any atom is -0.259 e. The van der Waals surface area contributed by atoms with E-state index in [1.165, 1.54) is 11.1 Å². The molecule has 0 saturated heterocycles. The Morgan fingerprint density at radius 3 is 2.69 bits per heavy atom. The van der Waals surface area contributed by atoms with Gasteiger partial charge in [-0.25, -0.2) is 0 Å². The second kappa shape index (κ2) is 6.44. The van der Waals surface area contributed by atoms with Crippen LogP contribution in [0.3, 0.4) is 0 Å². The smallest absolute Gasteiger partial charge is 0.0622 e. The zero-order chi connectivity index (χ0) is 12.0. The molecule has 1 aromatic carbocycles. The van der Waals surface area contributed by atoms with Crippen LogP contribution in [0.4, 0.5) is 0 Å². The van der Waals surface area contributed by atoms with Crippen molar-refractivity contribution in [1.29, 1.82) is 5.26 Å². The Bertz CT molecular complexity index is 420. The highest BCUT2D eigenvalue weighted by Crippen LogP contribution is 2.12. The molecule has 0 amide bonds. The van der Waals surface area contributed by atoms with E-state index in [0.29, 0.717) is 17.9 Å². The van der Waals surface area contributed by atoms with Crippen LogP contribution in [0, 0.1) is 25.2 Å². The van der Waals surface area contributed by atoms with Crippen molar-refractivity contribution in [2.45, 2.75) is 32.4 Å². The van der Waals surface area contributed by atoms with E-state index in [1.54, 1.807) is 0 Å². The van der Waals surface area contributed by atoms with Gasteiger partial charge in [0.05, 0.1) is 6.07 Å². The first-order chi connectivity index (χ1) is 7.63. The van der Waals surface area contributed by atoms with Gasteiger partial charge >= 0.3 is 0 Å². The Morgan fingerprint density at radius 1 is 1.31 bits per heavy atom. The molecule has 0 aliphatic carbocycles. The van der Waals surface area contributed by atoms with Crippen molar-refractivity contribution >= 4 is 10.8 Å². The molecule has 1 atom stereocenters.